The number of halogens is 4. The summed E-state index contributed by atoms with van der Waals surface area (Å²) >= 11 is 0. The second-order valence-electron chi connectivity index (χ2n) is 5.86. The zero-order valence-electron chi connectivity index (χ0n) is 14.1. The van der Waals surface area contributed by atoms with Crippen LogP contribution < -0.4 is 0 Å². The molecule has 140 valence electrons. The maximum absolute atomic E-state index is 14.2. The lowest BCUT2D eigenvalue weighted by atomic mass is 9.99. The Morgan fingerprint density at radius 1 is 0.893 bits per heavy atom. The lowest BCUT2D eigenvalue weighted by molar-refractivity contribution is -0.137. The fraction of sp³-hybridized carbons (Fsp3) is 0.0526. The first kappa shape index (κ1) is 17.8. The van der Waals surface area contributed by atoms with E-state index in [4.69, 9.17) is 0 Å². The van der Waals surface area contributed by atoms with Crippen molar-refractivity contribution in [2.24, 2.45) is 0 Å². The third-order valence-electron chi connectivity index (χ3n) is 3.96. The highest BCUT2D eigenvalue weighted by Gasteiger charge is 2.33. The molecule has 4 aromatic rings. The van der Waals surface area contributed by atoms with Gasteiger partial charge < -0.3 is 0 Å². The Bertz CT molecular complexity index is 1120. The van der Waals surface area contributed by atoms with Crippen LogP contribution in [0.5, 0.6) is 0 Å². The molecule has 2 aromatic carbocycles. The van der Waals surface area contributed by atoms with Crippen LogP contribution in [0.25, 0.3) is 28.3 Å². The van der Waals surface area contributed by atoms with E-state index >= 15 is 0 Å². The summed E-state index contributed by atoms with van der Waals surface area (Å²) in [5, 5.41) is 11.9. The lowest BCUT2D eigenvalue weighted by Gasteiger charge is -2.13. The molecule has 2 heterocycles. The van der Waals surface area contributed by atoms with Gasteiger partial charge in [-0.15, -0.1) is 15.0 Å². The molecular weight excluding hydrogens is 374 g/mol. The van der Waals surface area contributed by atoms with Crippen molar-refractivity contribution in [2.45, 2.75) is 6.18 Å². The highest BCUT2D eigenvalue weighted by atomic mass is 19.4. The first-order valence-corrected chi connectivity index (χ1v) is 8.11. The summed E-state index contributed by atoms with van der Waals surface area (Å²) < 4.78 is 54.1. The number of pyridine rings is 1. The summed E-state index contributed by atoms with van der Waals surface area (Å²) in [7, 11) is 0. The smallest absolute Gasteiger partial charge is 0.253 e. The number of nitrogens with zero attached hydrogens (tertiary/aromatic N) is 5. The summed E-state index contributed by atoms with van der Waals surface area (Å²) in [6.45, 7) is 0. The predicted octanol–water partition coefficient (Wildman–Crippen LogP) is 4.55. The topological polar surface area (TPSA) is 56.5 Å². The fourth-order valence-electron chi connectivity index (χ4n) is 2.75. The molecule has 0 aliphatic heterocycles. The molecule has 5 nitrogen and oxygen atoms in total. The van der Waals surface area contributed by atoms with Gasteiger partial charge in [-0.05, 0) is 46.7 Å². The minimum Gasteiger partial charge on any atom is -0.253 e. The molecule has 0 bridgehead atoms. The third-order valence-corrected chi connectivity index (χ3v) is 3.96. The normalized spacial score (nSPS) is 11.6. The second kappa shape index (κ2) is 6.84. The van der Waals surface area contributed by atoms with Crippen LogP contribution >= 0.6 is 0 Å². The van der Waals surface area contributed by atoms with Gasteiger partial charge in [-0.1, -0.05) is 24.3 Å². The first-order valence-electron chi connectivity index (χ1n) is 8.11. The SMILES string of the molecule is Fc1cc(-c2ccccc2C(F)(F)F)cc(-n2nnc(-c3ccccn3)n2)c1. The molecule has 0 atom stereocenters. The van der Waals surface area contributed by atoms with E-state index < -0.39 is 17.6 Å². The van der Waals surface area contributed by atoms with Gasteiger partial charge in [0, 0.05) is 12.3 Å². The first-order chi connectivity index (χ1) is 13.4. The van der Waals surface area contributed by atoms with Crippen LogP contribution in [-0.4, -0.2) is 25.2 Å². The van der Waals surface area contributed by atoms with Gasteiger partial charge >= 0.3 is 6.18 Å². The van der Waals surface area contributed by atoms with E-state index in [-0.39, 0.29) is 22.6 Å². The van der Waals surface area contributed by atoms with E-state index in [0.717, 1.165) is 23.0 Å². The molecule has 0 fully saturated rings. The lowest BCUT2D eigenvalue weighted by Crippen LogP contribution is -2.07. The second-order valence-corrected chi connectivity index (χ2v) is 5.86. The van der Waals surface area contributed by atoms with E-state index in [1.807, 2.05) is 0 Å². The number of benzene rings is 2. The minimum atomic E-state index is -4.57. The standard InChI is InChI=1S/C19H11F4N5/c20-13-9-12(15-5-1-2-6-16(15)19(21,22)23)10-14(11-13)28-26-18(25-27-28)17-7-3-4-8-24-17/h1-11H. The highest BCUT2D eigenvalue weighted by molar-refractivity contribution is 5.70. The Morgan fingerprint density at radius 3 is 2.43 bits per heavy atom. The molecule has 0 amide bonds. The number of tetrazole rings is 1. The Labute approximate surface area is 156 Å². The average molecular weight is 385 g/mol. The van der Waals surface area contributed by atoms with Gasteiger partial charge in [0.25, 0.3) is 0 Å². The van der Waals surface area contributed by atoms with Gasteiger partial charge in [-0.2, -0.15) is 13.2 Å². The minimum absolute atomic E-state index is 0.0552. The van der Waals surface area contributed by atoms with Gasteiger partial charge in [0.15, 0.2) is 0 Å². The van der Waals surface area contributed by atoms with Crippen molar-refractivity contribution in [3.05, 3.63) is 78.2 Å². The van der Waals surface area contributed by atoms with E-state index in [2.05, 4.69) is 20.4 Å². The summed E-state index contributed by atoms with van der Waals surface area (Å²) in [4.78, 5) is 5.15. The van der Waals surface area contributed by atoms with Crippen molar-refractivity contribution >= 4 is 0 Å². The molecule has 2 aromatic heterocycles. The number of hydrogen-bond acceptors (Lipinski definition) is 4. The summed E-state index contributed by atoms with van der Waals surface area (Å²) in [5.41, 5.74) is -0.331. The Hall–Kier alpha value is -3.62. The summed E-state index contributed by atoms with van der Waals surface area (Å²) in [5.74, 6) is -0.511. The third kappa shape index (κ3) is 3.46. The van der Waals surface area contributed by atoms with Crippen molar-refractivity contribution < 1.29 is 17.6 Å². The summed E-state index contributed by atoms with van der Waals surface area (Å²) in [6, 6.07) is 13.7. The largest absolute Gasteiger partial charge is 0.417 e. The molecule has 28 heavy (non-hydrogen) atoms. The molecular formula is C19H11F4N5. The summed E-state index contributed by atoms with van der Waals surface area (Å²) in [6.07, 6.45) is -3.01. The molecule has 0 aliphatic rings. The van der Waals surface area contributed by atoms with Gasteiger partial charge in [0.2, 0.25) is 5.82 Å². The Kier molecular flexibility index (Phi) is 4.34. The van der Waals surface area contributed by atoms with E-state index in [9.17, 15) is 17.6 Å². The van der Waals surface area contributed by atoms with Gasteiger partial charge in [0.1, 0.15) is 11.5 Å². The molecule has 4 rings (SSSR count). The maximum atomic E-state index is 14.2. The van der Waals surface area contributed by atoms with Crippen LogP contribution in [0.1, 0.15) is 5.56 Å². The zero-order valence-corrected chi connectivity index (χ0v) is 14.1. The zero-order chi connectivity index (χ0) is 19.7. The molecule has 0 unspecified atom stereocenters. The van der Waals surface area contributed by atoms with E-state index in [0.29, 0.717) is 5.69 Å². The van der Waals surface area contributed by atoms with E-state index in [1.165, 1.54) is 24.3 Å². The highest BCUT2D eigenvalue weighted by Crippen LogP contribution is 2.37. The van der Waals surface area contributed by atoms with Crippen molar-refractivity contribution in [1.29, 1.82) is 0 Å². The van der Waals surface area contributed by atoms with Crippen LogP contribution in [0.15, 0.2) is 66.9 Å². The molecule has 0 saturated carbocycles. The van der Waals surface area contributed by atoms with Gasteiger partial charge in [0.05, 0.1) is 11.3 Å². The van der Waals surface area contributed by atoms with Crippen LogP contribution in [0.2, 0.25) is 0 Å². The van der Waals surface area contributed by atoms with Crippen molar-refractivity contribution in [3.8, 4) is 28.3 Å². The van der Waals surface area contributed by atoms with Crippen LogP contribution in [0, 0.1) is 5.82 Å². The molecule has 0 radical (unpaired) electrons. The van der Waals surface area contributed by atoms with E-state index in [1.54, 1.807) is 24.4 Å². The van der Waals surface area contributed by atoms with Crippen LogP contribution in [0.3, 0.4) is 0 Å². The number of rotatable bonds is 3. The number of aromatic nitrogens is 5. The Balaban J connectivity index is 1.79. The molecule has 0 N–H and O–H groups in total. The molecule has 0 spiro atoms. The number of alkyl halides is 3. The van der Waals surface area contributed by atoms with Crippen molar-refractivity contribution in [1.82, 2.24) is 25.2 Å². The van der Waals surface area contributed by atoms with Gasteiger partial charge in [-0.25, -0.2) is 4.39 Å². The van der Waals surface area contributed by atoms with Crippen molar-refractivity contribution in [3.63, 3.8) is 0 Å². The van der Waals surface area contributed by atoms with Crippen LogP contribution in [0.4, 0.5) is 17.6 Å². The molecule has 9 heteroatoms. The average Bonchev–Trinajstić information content (AvgIpc) is 3.18. The maximum Gasteiger partial charge on any atom is 0.417 e. The number of hydrogen-bond donors (Lipinski definition) is 0. The molecule has 0 aliphatic carbocycles. The fourth-order valence-corrected chi connectivity index (χ4v) is 2.75. The van der Waals surface area contributed by atoms with Crippen molar-refractivity contribution in [2.75, 3.05) is 0 Å². The molecule has 0 saturated heterocycles. The monoisotopic (exact) mass is 385 g/mol. The quantitative estimate of drug-likeness (QED) is 0.486. The van der Waals surface area contributed by atoms with Crippen LogP contribution in [-0.2, 0) is 6.18 Å². The van der Waals surface area contributed by atoms with Gasteiger partial charge in [-0.3, -0.25) is 4.98 Å². The Morgan fingerprint density at radius 2 is 1.68 bits per heavy atom. The predicted molar refractivity (Wildman–Crippen MR) is 92.8 cm³/mol.